The molecule has 0 radical (unpaired) electrons. The van der Waals surface area contributed by atoms with Gasteiger partial charge in [0.25, 0.3) is 0 Å². The first-order valence-corrected chi connectivity index (χ1v) is 15.4. The Hall–Kier alpha value is -4.70. The van der Waals surface area contributed by atoms with E-state index in [0.29, 0.717) is 0 Å². The van der Waals surface area contributed by atoms with Crippen molar-refractivity contribution in [1.82, 2.24) is 4.57 Å². The zero-order chi connectivity index (χ0) is 28.0. The van der Waals surface area contributed by atoms with Gasteiger partial charge in [0.05, 0.1) is 5.52 Å². The van der Waals surface area contributed by atoms with E-state index in [2.05, 4.69) is 138 Å². The molecule has 2 N–H and O–H groups in total. The van der Waals surface area contributed by atoms with Gasteiger partial charge >= 0.3 is 0 Å². The summed E-state index contributed by atoms with van der Waals surface area (Å²) in [5, 5.41) is 5.34. The second-order valence-corrected chi connectivity index (χ2v) is 12.1. The van der Waals surface area contributed by atoms with Gasteiger partial charge in [-0.2, -0.15) is 0 Å². The summed E-state index contributed by atoms with van der Waals surface area (Å²) in [6, 6.07) is 41.8. The van der Waals surface area contributed by atoms with Gasteiger partial charge in [-0.25, -0.2) is 0 Å². The summed E-state index contributed by atoms with van der Waals surface area (Å²) in [5.41, 5.74) is 15.4. The number of aromatic nitrogens is 1. The predicted octanol–water partition coefficient (Wildman–Crippen LogP) is 10.1. The largest absolute Gasteiger partial charge is 0.340 e. The maximum Gasteiger partial charge on any atom is 0.0506 e. The van der Waals surface area contributed by atoms with Crippen LogP contribution < -0.4 is 5.73 Å². The molecule has 0 saturated carbocycles. The summed E-state index contributed by atoms with van der Waals surface area (Å²) < 4.78 is 5.25. The molecule has 0 spiro atoms. The molecule has 2 heterocycles. The van der Waals surface area contributed by atoms with Crippen LogP contribution in [0.3, 0.4) is 0 Å². The van der Waals surface area contributed by atoms with E-state index < -0.39 is 0 Å². The Bertz CT molecular complexity index is 2190. The highest BCUT2D eigenvalue weighted by Gasteiger charge is 2.19. The molecule has 7 aromatic rings. The predicted molar refractivity (Wildman–Crippen MR) is 182 cm³/mol. The van der Waals surface area contributed by atoms with Gasteiger partial charge in [0.2, 0.25) is 0 Å². The van der Waals surface area contributed by atoms with Crippen LogP contribution >= 0.6 is 11.3 Å². The van der Waals surface area contributed by atoms with E-state index >= 15 is 0 Å². The van der Waals surface area contributed by atoms with Crippen LogP contribution in [0.1, 0.15) is 12.0 Å². The van der Waals surface area contributed by atoms with Crippen LogP contribution in [0.2, 0.25) is 0 Å². The molecule has 2 nitrogen and oxygen atoms in total. The molecule has 1 aliphatic carbocycles. The first-order chi connectivity index (χ1) is 20.8. The molecule has 0 aliphatic heterocycles. The maximum absolute atomic E-state index is 6.63. The molecule has 8 rings (SSSR count). The lowest BCUT2D eigenvalue weighted by atomic mass is 9.90. The van der Waals surface area contributed by atoms with Crippen molar-refractivity contribution in [1.29, 1.82) is 0 Å². The normalized spacial score (nSPS) is 16.3. The lowest BCUT2D eigenvalue weighted by Crippen LogP contribution is -2.21. The van der Waals surface area contributed by atoms with Crippen LogP contribution in [0.15, 0.2) is 145 Å². The van der Waals surface area contributed by atoms with Crippen LogP contribution in [-0.2, 0) is 6.54 Å². The number of hydrogen-bond donors (Lipinski definition) is 1. The summed E-state index contributed by atoms with van der Waals surface area (Å²) in [6.45, 7) is 0.854. The van der Waals surface area contributed by atoms with E-state index in [-0.39, 0.29) is 6.04 Å². The monoisotopic (exact) mass is 558 g/mol. The highest BCUT2D eigenvalue weighted by Crippen LogP contribution is 2.43. The molecule has 0 fully saturated rings. The standard InChI is InChI=1S/C39H30N2S/c40-34-17-9-7-15-30(34)29(27-13-5-2-6-14-27)23-24-41-35-22-21-32-31-16-8-10-18-37(31)42-39(32)38(35)33-20-19-28(25-36(33)41)26-11-3-1-4-12-26/h1-22,25,34H,23-24,40H2/b30-29+. The molecule has 0 amide bonds. The van der Waals surface area contributed by atoms with Gasteiger partial charge in [0.1, 0.15) is 0 Å². The Morgan fingerprint density at radius 3 is 2.29 bits per heavy atom. The summed E-state index contributed by atoms with van der Waals surface area (Å²) in [4.78, 5) is 0. The van der Waals surface area contributed by atoms with Gasteiger partial charge in [-0.3, -0.25) is 0 Å². The smallest absolute Gasteiger partial charge is 0.0506 e. The third-order valence-corrected chi connectivity index (χ3v) is 9.81. The quantitative estimate of drug-likeness (QED) is 0.224. The Morgan fingerprint density at radius 1 is 0.690 bits per heavy atom. The van der Waals surface area contributed by atoms with Gasteiger partial charge in [0, 0.05) is 49.0 Å². The third-order valence-electron chi connectivity index (χ3n) is 8.60. The molecule has 1 atom stereocenters. The van der Waals surface area contributed by atoms with Gasteiger partial charge in [0.15, 0.2) is 0 Å². The van der Waals surface area contributed by atoms with Gasteiger partial charge in [-0.15, -0.1) is 11.3 Å². The number of rotatable bonds is 5. The number of nitrogens with two attached hydrogens (primary N) is 1. The topological polar surface area (TPSA) is 30.9 Å². The van der Waals surface area contributed by atoms with Crippen molar-refractivity contribution < 1.29 is 0 Å². The zero-order valence-electron chi connectivity index (χ0n) is 23.2. The molecule has 5 aromatic carbocycles. The number of benzene rings is 5. The fourth-order valence-electron chi connectivity index (χ4n) is 6.59. The third kappa shape index (κ3) is 4.13. The molecular formula is C39H30N2S. The minimum absolute atomic E-state index is 0.105. The van der Waals surface area contributed by atoms with E-state index in [9.17, 15) is 0 Å². The Morgan fingerprint density at radius 2 is 1.45 bits per heavy atom. The highest BCUT2D eigenvalue weighted by atomic mass is 32.1. The number of aryl methyl sites for hydroxylation is 1. The van der Waals surface area contributed by atoms with E-state index in [0.717, 1.165) is 13.0 Å². The molecule has 202 valence electrons. The van der Waals surface area contributed by atoms with Crippen molar-refractivity contribution in [2.45, 2.75) is 19.0 Å². The van der Waals surface area contributed by atoms with Crippen LogP contribution in [0.5, 0.6) is 0 Å². The molecule has 2 aromatic heterocycles. The van der Waals surface area contributed by atoms with Crippen molar-refractivity contribution in [2.24, 2.45) is 5.73 Å². The van der Waals surface area contributed by atoms with Crippen LogP contribution in [0.25, 0.3) is 58.7 Å². The van der Waals surface area contributed by atoms with Crippen molar-refractivity contribution in [3.63, 3.8) is 0 Å². The Labute approximate surface area is 249 Å². The number of thiophene rings is 1. The highest BCUT2D eigenvalue weighted by molar-refractivity contribution is 7.26. The fraction of sp³-hybridized carbons (Fsp3) is 0.0769. The number of hydrogen-bond acceptors (Lipinski definition) is 2. The van der Waals surface area contributed by atoms with Crippen LogP contribution in [0, 0.1) is 0 Å². The average Bonchev–Trinajstić information content (AvgIpc) is 3.58. The molecular weight excluding hydrogens is 529 g/mol. The number of allylic oxidation sites excluding steroid dienone is 3. The van der Waals surface area contributed by atoms with E-state index in [1.54, 1.807) is 0 Å². The number of fused-ring (bicyclic) bond motifs is 7. The lowest BCUT2D eigenvalue weighted by molar-refractivity contribution is 0.766. The van der Waals surface area contributed by atoms with Crippen molar-refractivity contribution >= 4 is 58.9 Å². The number of nitrogens with zero attached hydrogens (tertiary/aromatic N) is 1. The van der Waals surface area contributed by atoms with Crippen LogP contribution in [0.4, 0.5) is 0 Å². The molecule has 3 heteroatoms. The zero-order valence-corrected chi connectivity index (χ0v) is 24.0. The molecule has 0 bridgehead atoms. The minimum Gasteiger partial charge on any atom is -0.340 e. The van der Waals surface area contributed by atoms with Gasteiger partial charge in [-0.1, -0.05) is 121 Å². The average molecular weight is 559 g/mol. The molecule has 1 aliphatic rings. The van der Waals surface area contributed by atoms with Crippen molar-refractivity contribution in [3.8, 4) is 11.1 Å². The van der Waals surface area contributed by atoms with Gasteiger partial charge < -0.3 is 10.3 Å². The Kier molecular flexibility index (Phi) is 6.14. The fourth-order valence-corrected chi connectivity index (χ4v) is 7.85. The van der Waals surface area contributed by atoms with Crippen molar-refractivity contribution in [3.05, 3.63) is 151 Å². The van der Waals surface area contributed by atoms with E-state index in [1.165, 1.54) is 69.8 Å². The second-order valence-electron chi connectivity index (χ2n) is 11.0. The second kappa shape index (κ2) is 10.3. The molecule has 42 heavy (non-hydrogen) atoms. The minimum atomic E-state index is -0.105. The summed E-state index contributed by atoms with van der Waals surface area (Å²) in [7, 11) is 0. The molecule has 0 saturated heterocycles. The maximum atomic E-state index is 6.63. The van der Waals surface area contributed by atoms with E-state index in [1.807, 2.05) is 17.4 Å². The summed E-state index contributed by atoms with van der Waals surface area (Å²) in [5.74, 6) is 0. The summed E-state index contributed by atoms with van der Waals surface area (Å²) >= 11 is 1.91. The van der Waals surface area contributed by atoms with Crippen LogP contribution in [-0.4, -0.2) is 10.6 Å². The SMILES string of the molecule is NC1C=CC=C/C1=C(/CCn1c2cc(-c3ccccc3)ccc2c2c3sc4ccccc4c3ccc21)c1ccccc1. The summed E-state index contributed by atoms with van der Waals surface area (Å²) in [6.07, 6.45) is 9.30. The Balaban J connectivity index is 1.35. The lowest BCUT2D eigenvalue weighted by Gasteiger charge is -2.20. The molecule has 1 unspecified atom stereocenters. The first kappa shape index (κ1) is 25.0. The van der Waals surface area contributed by atoms with Crippen molar-refractivity contribution in [2.75, 3.05) is 0 Å². The van der Waals surface area contributed by atoms with Gasteiger partial charge in [-0.05, 0) is 52.5 Å². The van der Waals surface area contributed by atoms with E-state index in [4.69, 9.17) is 5.73 Å². The first-order valence-electron chi connectivity index (χ1n) is 14.6.